The highest BCUT2D eigenvalue weighted by Gasteiger charge is 2.53. The van der Waals surface area contributed by atoms with Crippen LogP contribution in [0.4, 0.5) is 0 Å². The van der Waals surface area contributed by atoms with Crippen LogP contribution in [0.5, 0.6) is 0 Å². The minimum Gasteiger partial charge on any atom is -0.256 e. The Morgan fingerprint density at radius 2 is 0.942 bits per heavy atom. The number of aromatic nitrogens is 3. The number of rotatable bonds is 4. The first kappa shape index (κ1) is 30.4. The molecular formula is C49H35N3. The topological polar surface area (TPSA) is 38.7 Å². The SMILES string of the molecule is CC1(C)c2ccccc2C2(c3ccccc3-c3c(-c4cc(-c5ccccc5)nc(-c5cccc(-c6ccccn6)c5)n4)cccc32)c2ccccc21. The number of nitrogens with zero attached hydrogens (tertiary/aromatic N) is 3. The Hall–Kier alpha value is -6.45. The summed E-state index contributed by atoms with van der Waals surface area (Å²) in [6, 6.07) is 61.0. The zero-order valence-electron chi connectivity index (χ0n) is 29.1. The van der Waals surface area contributed by atoms with Crippen molar-refractivity contribution in [1.82, 2.24) is 15.0 Å². The summed E-state index contributed by atoms with van der Waals surface area (Å²) in [4.78, 5) is 15.2. The van der Waals surface area contributed by atoms with E-state index in [1.165, 1.54) is 44.5 Å². The molecule has 52 heavy (non-hydrogen) atoms. The van der Waals surface area contributed by atoms with Gasteiger partial charge < -0.3 is 0 Å². The summed E-state index contributed by atoms with van der Waals surface area (Å²) in [6.07, 6.45) is 1.83. The van der Waals surface area contributed by atoms with E-state index in [0.717, 1.165) is 39.3 Å². The Kier molecular flexibility index (Phi) is 6.74. The van der Waals surface area contributed by atoms with Gasteiger partial charge >= 0.3 is 0 Å². The second-order valence-electron chi connectivity index (χ2n) is 14.4. The lowest BCUT2D eigenvalue weighted by Crippen LogP contribution is -2.40. The van der Waals surface area contributed by atoms with Crippen molar-refractivity contribution in [1.29, 1.82) is 0 Å². The third kappa shape index (κ3) is 4.36. The number of pyridine rings is 1. The van der Waals surface area contributed by atoms with Crippen LogP contribution >= 0.6 is 0 Å². The monoisotopic (exact) mass is 665 g/mol. The summed E-state index contributed by atoms with van der Waals surface area (Å²) >= 11 is 0. The summed E-state index contributed by atoms with van der Waals surface area (Å²) < 4.78 is 0. The standard InChI is InChI=1S/C49H35N3/c1-48(2)38-23-8-10-25-40(38)49(41-26-11-9-24-39(41)48)37-22-7-6-20-35(37)46-36(21-15-27-42(46)49)45-31-44(32-16-4-3-5-17-32)51-47(52-45)34-19-14-18-33(30-34)43-28-12-13-29-50-43/h3-31H,1-2H3. The fourth-order valence-corrected chi connectivity index (χ4v) is 8.94. The van der Waals surface area contributed by atoms with Gasteiger partial charge in [-0.15, -0.1) is 0 Å². The highest BCUT2D eigenvalue weighted by molar-refractivity contribution is 5.96. The van der Waals surface area contributed by atoms with Crippen LogP contribution in [0, 0.1) is 0 Å². The molecule has 0 amide bonds. The van der Waals surface area contributed by atoms with E-state index in [-0.39, 0.29) is 5.41 Å². The maximum absolute atomic E-state index is 5.40. The maximum atomic E-state index is 5.40. The van der Waals surface area contributed by atoms with Gasteiger partial charge in [0.25, 0.3) is 0 Å². The van der Waals surface area contributed by atoms with E-state index in [4.69, 9.17) is 9.97 Å². The molecule has 246 valence electrons. The van der Waals surface area contributed by atoms with Gasteiger partial charge in [-0.25, -0.2) is 9.97 Å². The van der Waals surface area contributed by atoms with Crippen molar-refractivity contribution < 1.29 is 0 Å². The molecule has 2 aromatic heterocycles. The molecule has 0 atom stereocenters. The summed E-state index contributed by atoms with van der Waals surface area (Å²) in [6.45, 7) is 4.73. The van der Waals surface area contributed by atoms with Crippen LogP contribution in [0.15, 0.2) is 176 Å². The molecule has 3 heteroatoms. The van der Waals surface area contributed by atoms with E-state index in [1.54, 1.807) is 0 Å². The van der Waals surface area contributed by atoms with Gasteiger partial charge in [-0.3, -0.25) is 4.98 Å². The van der Waals surface area contributed by atoms with Crippen molar-refractivity contribution in [2.24, 2.45) is 0 Å². The first-order valence-electron chi connectivity index (χ1n) is 18.0. The molecule has 0 bridgehead atoms. The Labute approximate surface area is 304 Å². The molecule has 8 aromatic rings. The van der Waals surface area contributed by atoms with E-state index in [9.17, 15) is 0 Å². The first-order valence-corrected chi connectivity index (χ1v) is 18.0. The highest BCUT2D eigenvalue weighted by atomic mass is 14.9. The quantitative estimate of drug-likeness (QED) is 0.188. The van der Waals surface area contributed by atoms with Crippen LogP contribution in [0.1, 0.15) is 47.2 Å². The average molecular weight is 666 g/mol. The molecule has 2 heterocycles. The number of benzene rings is 6. The van der Waals surface area contributed by atoms with Crippen molar-refractivity contribution in [2.45, 2.75) is 24.7 Å². The molecule has 2 aliphatic carbocycles. The van der Waals surface area contributed by atoms with Gasteiger partial charge in [-0.1, -0.05) is 159 Å². The van der Waals surface area contributed by atoms with E-state index in [0.29, 0.717) is 5.82 Å². The number of hydrogen-bond acceptors (Lipinski definition) is 3. The molecular weight excluding hydrogens is 631 g/mol. The fraction of sp³-hybridized carbons (Fsp3) is 0.0816. The minimum atomic E-state index is -0.472. The van der Waals surface area contributed by atoms with Crippen molar-refractivity contribution in [3.63, 3.8) is 0 Å². The van der Waals surface area contributed by atoms with Crippen LogP contribution < -0.4 is 0 Å². The van der Waals surface area contributed by atoms with E-state index in [2.05, 4.69) is 164 Å². The van der Waals surface area contributed by atoms with E-state index in [1.807, 2.05) is 30.5 Å². The van der Waals surface area contributed by atoms with Gasteiger partial charge in [0.15, 0.2) is 5.82 Å². The predicted molar refractivity (Wildman–Crippen MR) is 211 cm³/mol. The average Bonchev–Trinajstić information content (AvgIpc) is 3.52. The predicted octanol–water partition coefficient (Wildman–Crippen LogP) is 11.5. The van der Waals surface area contributed by atoms with Gasteiger partial charge in [0.2, 0.25) is 0 Å². The minimum absolute atomic E-state index is 0.149. The first-order chi connectivity index (χ1) is 25.5. The molecule has 0 N–H and O–H groups in total. The van der Waals surface area contributed by atoms with E-state index >= 15 is 0 Å². The summed E-state index contributed by atoms with van der Waals surface area (Å²) in [5, 5.41) is 0. The second-order valence-corrected chi connectivity index (χ2v) is 14.4. The molecule has 0 saturated carbocycles. The molecule has 0 aliphatic heterocycles. The number of hydrogen-bond donors (Lipinski definition) is 0. The molecule has 3 nitrogen and oxygen atoms in total. The molecule has 0 fully saturated rings. The Morgan fingerprint density at radius 3 is 1.67 bits per heavy atom. The van der Waals surface area contributed by atoms with Crippen LogP contribution in [0.3, 0.4) is 0 Å². The molecule has 10 rings (SSSR count). The summed E-state index contributed by atoms with van der Waals surface area (Å²) in [7, 11) is 0. The lowest BCUT2D eigenvalue weighted by molar-refractivity contribution is 0.563. The zero-order valence-corrected chi connectivity index (χ0v) is 29.1. The maximum Gasteiger partial charge on any atom is 0.160 e. The smallest absolute Gasteiger partial charge is 0.160 e. The third-order valence-corrected chi connectivity index (χ3v) is 11.2. The Bertz CT molecular complexity index is 2610. The van der Waals surface area contributed by atoms with Gasteiger partial charge in [-0.05, 0) is 68.8 Å². The highest BCUT2D eigenvalue weighted by Crippen LogP contribution is 2.63. The molecule has 6 aromatic carbocycles. The molecule has 0 radical (unpaired) electrons. The second kappa shape index (κ2) is 11.5. The van der Waals surface area contributed by atoms with E-state index < -0.39 is 5.41 Å². The van der Waals surface area contributed by atoms with Gasteiger partial charge in [0, 0.05) is 33.9 Å². The van der Waals surface area contributed by atoms with Crippen LogP contribution in [0.2, 0.25) is 0 Å². The van der Waals surface area contributed by atoms with Crippen molar-refractivity contribution >= 4 is 0 Å². The third-order valence-electron chi connectivity index (χ3n) is 11.2. The largest absolute Gasteiger partial charge is 0.256 e. The molecule has 0 unspecified atom stereocenters. The molecule has 1 spiro atoms. The lowest BCUT2D eigenvalue weighted by Gasteiger charge is -2.46. The zero-order chi connectivity index (χ0) is 34.9. The Morgan fingerprint density at radius 1 is 0.385 bits per heavy atom. The summed E-state index contributed by atoms with van der Waals surface area (Å²) in [5.74, 6) is 0.683. The normalized spacial score (nSPS) is 14.3. The lowest BCUT2D eigenvalue weighted by atomic mass is 9.55. The summed E-state index contributed by atoms with van der Waals surface area (Å²) in [5.41, 5.74) is 16.7. The number of fused-ring (bicyclic) bond motifs is 9. The van der Waals surface area contributed by atoms with Crippen LogP contribution in [-0.4, -0.2) is 15.0 Å². The van der Waals surface area contributed by atoms with Crippen molar-refractivity contribution in [3.8, 4) is 56.3 Å². The van der Waals surface area contributed by atoms with Gasteiger partial charge in [-0.2, -0.15) is 0 Å². The molecule has 2 aliphatic rings. The van der Waals surface area contributed by atoms with Crippen molar-refractivity contribution in [2.75, 3.05) is 0 Å². The van der Waals surface area contributed by atoms with Crippen LogP contribution in [0.25, 0.3) is 56.3 Å². The Balaban J connectivity index is 1.26. The van der Waals surface area contributed by atoms with Gasteiger partial charge in [0.05, 0.1) is 22.5 Å². The van der Waals surface area contributed by atoms with Crippen molar-refractivity contribution in [3.05, 3.63) is 209 Å². The van der Waals surface area contributed by atoms with Gasteiger partial charge in [0.1, 0.15) is 0 Å². The molecule has 0 saturated heterocycles. The fourth-order valence-electron chi connectivity index (χ4n) is 8.94. The van der Waals surface area contributed by atoms with Crippen LogP contribution in [-0.2, 0) is 10.8 Å².